The van der Waals surface area contributed by atoms with Gasteiger partial charge in [-0.2, -0.15) is 0 Å². The minimum absolute atomic E-state index is 0.0511. The maximum absolute atomic E-state index is 12.6. The number of aryl methyl sites for hydroxylation is 1. The number of nitrogens with zero attached hydrogens (tertiary/aromatic N) is 1. The van der Waals surface area contributed by atoms with E-state index in [0.717, 1.165) is 11.3 Å². The predicted octanol–water partition coefficient (Wildman–Crippen LogP) is 1.34. The fourth-order valence-corrected chi connectivity index (χ4v) is 3.99. The van der Waals surface area contributed by atoms with Gasteiger partial charge in [-0.05, 0) is 13.3 Å². The summed E-state index contributed by atoms with van der Waals surface area (Å²) < 4.78 is 35.7. The molecule has 0 aromatic carbocycles. The molecule has 0 aliphatic heterocycles. The monoisotopic (exact) mass is 221 g/mol. The molecule has 6 heteroatoms. The third kappa shape index (κ3) is 1.48. The minimum atomic E-state index is -3.46. The van der Waals surface area contributed by atoms with Gasteiger partial charge in [0.1, 0.15) is 11.4 Å². The highest BCUT2D eigenvalue weighted by molar-refractivity contribution is 7.94. The van der Waals surface area contributed by atoms with Gasteiger partial charge < -0.3 is 0 Å². The molecule has 0 radical (unpaired) electrons. The second kappa shape index (κ2) is 2.75. The van der Waals surface area contributed by atoms with Crippen molar-refractivity contribution in [3.05, 3.63) is 11.1 Å². The van der Waals surface area contributed by atoms with Crippen molar-refractivity contribution >= 4 is 21.2 Å². The standard InChI is InChI=1S/C7H8FNO2S2/c1-4-3-12-7(9-4)13(10,11)6-2-5(6)8/h3,5-6H,2H2,1H3/t5-,6+/m0/s1. The van der Waals surface area contributed by atoms with Crippen LogP contribution >= 0.6 is 11.3 Å². The Morgan fingerprint density at radius 1 is 1.69 bits per heavy atom. The van der Waals surface area contributed by atoms with Crippen LogP contribution in [0.5, 0.6) is 0 Å². The number of sulfone groups is 1. The van der Waals surface area contributed by atoms with Crippen molar-refractivity contribution in [2.24, 2.45) is 0 Å². The molecule has 0 amide bonds. The SMILES string of the molecule is Cc1csc(S(=O)(=O)[C@@H]2C[C@@H]2F)n1. The summed E-state index contributed by atoms with van der Waals surface area (Å²) in [5.41, 5.74) is 0.666. The van der Waals surface area contributed by atoms with Gasteiger partial charge in [-0.1, -0.05) is 0 Å². The molecule has 1 aromatic rings. The van der Waals surface area contributed by atoms with Crippen molar-refractivity contribution in [2.75, 3.05) is 0 Å². The zero-order valence-corrected chi connectivity index (χ0v) is 8.53. The van der Waals surface area contributed by atoms with Crippen molar-refractivity contribution in [2.45, 2.75) is 29.1 Å². The van der Waals surface area contributed by atoms with E-state index < -0.39 is 21.3 Å². The Hall–Kier alpha value is -0.490. The third-order valence-electron chi connectivity index (χ3n) is 1.90. The Morgan fingerprint density at radius 2 is 2.31 bits per heavy atom. The number of hydrogen-bond acceptors (Lipinski definition) is 4. The van der Waals surface area contributed by atoms with E-state index in [-0.39, 0.29) is 10.8 Å². The van der Waals surface area contributed by atoms with Crippen LogP contribution < -0.4 is 0 Å². The second-order valence-electron chi connectivity index (χ2n) is 3.09. The zero-order chi connectivity index (χ0) is 9.64. The lowest BCUT2D eigenvalue weighted by molar-refractivity contribution is 0.477. The van der Waals surface area contributed by atoms with Gasteiger partial charge in [0.05, 0.1) is 0 Å². The smallest absolute Gasteiger partial charge is 0.211 e. The molecule has 0 spiro atoms. The van der Waals surface area contributed by atoms with Crippen LogP contribution in [-0.4, -0.2) is 24.8 Å². The van der Waals surface area contributed by atoms with Gasteiger partial charge in [0.2, 0.25) is 14.2 Å². The lowest BCUT2D eigenvalue weighted by atomic mass is 10.6. The molecule has 2 rings (SSSR count). The first-order valence-corrected chi connectivity index (χ1v) is 6.24. The fourth-order valence-electron chi connectivity index (χ4n) is 1.06. The molecule has 2 atom stereocenters. The summed E-state index contributed by atoms with van der Waals surface area (Å²) in [5.74, 6) is 0. The molecule has 1 aliphatic carbocycles. The van der Waals surface area contributed by atoms with E-state index >= 15 is 0 Å². The number of hydrogen-bond donors (Lipinski definition) is 0. The predicted molar refractivity (Wildman–Crippen MR) is 47.3 cm³/mol. The largest absolute Gasteiger partial charge is 0.246 e. The van der Waals surface area contributed by atoms with E-state index in [1.165, 1.54) is 0 Å². The average molecular weight is 221 g/mol. The van der Waals surface area contributed by atoms with E-state index in [1.54, 1.807) is 12.3 Å². The number of rotatable bonds is 2. The van der Waals surface area contributed by atoms with Gasteiger partial charge in [-0.15, -0.1) is 11.3 Å². The zero-order valence-electron chi connectivity index (χ0n) is 6.90. The first kappa shape index (κ1) is 9.08. The highest BCUT2D eigenvalue weighted by atomic mass is 32.2. The van der Waals surface area contributed by atoms with Crippen LogP contribution in [0.25, 0.3) is 0 Å². The van der Waals surface area contributed by atoms with Crippen molar-refractivity contribution in [1.29, 1.82) is 0 Å². The molecule has 72 valence electrons. The number of thiazole rings is 1. The number of aromatic nitrogens is 1. The van der Waals surface area contributed by atoms with Crippen LogP contribution in [0.1, 0.15) is 12.1 Å². The van der Waals surface area contributed by atoms with Gasteiger partial charge in [0.15, 0.2) is 0 Å². The minimum Gasteiger partial charge on any atom is -0.246 e. The van der Waals surface area contributed by atoms with Crippen LogP contribution in [-0.2, 0) is 9.84 Å². The highest BCUT2D eigenvalue weighted by Crippen LogP contribution is 2.37. The molecule has 1 heterocycles. The van der Waals surface area contributed by atoms with Crippen molar-refractivity contribution in [3.63, 3.8) is 0 Å². The van der Waals surface area contributed by atoms with Crippen molar-refractivity contribution in [1.82, 2.24) is 4.98 Å². The van der Waals surface area contributed by atoms with E-state index in [9.17, 15) is 12.8 Å². The maximum atomic E-state index is 12.6. The van der Waals surface area contributed by atoms with E-state index in [0.29, 0.717) is 5.69 Å². The van der Waals surface area contributed by atoms with Gasteiger partial charge in [0, 0.05) is 11.1 Å². The molecule has 1 saturated carbocycles. The molecular weight excluding hydrogens is 213 g/mol. The van der Waals surface area contributed by atoms with Gasteiger partial charge >= 0.3 is 0 Å². The average Bonchev–Trinajstić information content (AvgIpc) is 2.60. The summed E-state index contributed by atoms with van der Waals surface area (Å²) in [4.78, 5) is 3.84. The van der Waals surface area contributed by atoms with Crippen LogP contribution in [0.2, 0.25) is 0 Å². The number of halogens is 1. The molecule has 1 aliphatic rings. The Kier molecular flexibility index (Phi) is 1.92. The quantitative estimate of drug-likeness (QED) is 0.757. The molecule has 0 saturated heterocycles. The van der Waals surface area contributed by atoms with E-state index in [4.69, 9.17) is 0 Å². The lowest BCUT2D eigenvalue weighted by Gasteiger charge is -1.94. The Morgan fingerprint density at radius 3 is 2.69 bits per heavy atom. The Balaban J connectivity index is 2.35. The van der Waals surface area contributed by atoms with Crippen LogP contribution in [0, 0.1) is 6.92 Å². The van der Waals surface area contributed by atoms with E-state index in [1.807, 2.05) is 0 Å². The van der Waals surface area contributed by atoms with Gasteiger partial charge in [-0.3, -0.25) is 0 Å². The van der Waals surface area contributed by atoms with Gasteiger partial charge in [0.25, 0.3) is 0 Å². The first-order chi connectivity index (χ1) is 6.01. The molecule has 3 nitrogen and oxygen atoms in total. The Labute approximate surface area is 79.5 Å². The van der Waals surface area contributed by atoms with Crippen LogP contribution in [0.15, 0.2) is 9.72 Å². The van der Waals surface area contributed by atoms with Crippen LogP contribution in [0.4, 0.5) is 4.39 Å². The summed E-state index contributed by atoms with van der Waals surface area (Å²) in [6, 6.07) is 0. The maximum Gasteiger partial charge on any atom is 0.211 e. The molecule has 13 heavy (non-hydrogen) atoms. The summed E-state index contributed by atoms with van der Waals surface area (Å²) in [6.45, 7) is 1.72. The number of alkyl halides is 1. The van der Waals surface area contributed by atoms with Crippen molar-refractivity contribution in [3.8, 4) is 0 Å². The van der Waals surface area contributed by atoms with Gasteiger partial charge in [-0.25, -0.2) is 17.8 Å². The Bertz CT molecular complexity index is 425. The first-order valence-electron chi connectivity index (χ1n) is 3.82. The molecule has 0 N–H and O–H groups in total. The second-order valence-corrected chi connectivity index (χ2v) is 6.29. The molecular formula is C7H8FNO2S2. The normalized spacial score (nSPS) is 27.5. The van der Waals surface area contributed by atoms with E-state index in [2.05, 4.69) is 4.98 Å². The molecule has 1 aromatic heterocycles. The van der Waals surface area contributed by atoms with Crippen molar-refractivity contribution < 1.29 is 12.8 Å². The molecule has 0 bridgehead atoms. The lowest BCUT2D eigenvalue weighted by Crippen LogP contribution is -2.09. The topological polar surface area (TPSA) is 47.0 Å². The molecule has 0 unspecified atom stereocenters. The summed E-state index contributed by atoms with van der Waals surface area (Å²) >= 11 is 1.06. The highest BCUT2D eigenvalue weighted by Gasteiger charge is 2.49. The summed E-state index contributed by atoms with van der Waals surface area (Å²) in [7, 11) is -3.46. The fraction of sp³-hybridized carbons (Fsp3) is 0.571. The summed E-state index contributed by atoms with van der Waals surface area (Å²) in [5, 5.41) is 0.820. The third-order valence-corrected chi connectivity index (χ3v) is 5.50. The summed E-state index contributed by atoms with van der Waals surface area (Å²) in [6.07, 6.45) is -1.06. The molecule has 1 fully saturated rings. The van der Waals surface area contributed by atoms with Crippen LogP contribution in [0.3, 0.4) is 0 Å².